The van der Waals surface area contributed by atoms with Gasteiger partial charge in [0.15, 0.2) is 10.9 Å². The summed E-state index contributed by atoms with van der Waals surface area (Å²) in [5, 5.41) is 0.571. The number of benzene rings is 2. The zero-order valence-corrected chi connectivity index (χ0v) is 18.7. The maximum absolute atomic E-state index is 13.3. The van der Waals surface area contributed by atoms with Gasteiger partial charge >= 0.3 is 0 Å². The summed E-state index contributed by atoms with van der Waals surface area (Å²) in [6.07, 6.45) is 1.43. The van der Waals surface area contributed by atoms with Gasteiger partial charge in [0.2, 0.25) is 5.91 Å². The van der Waals surface area contributed by atoms with Gasteiger partial charge in [0.05, 0.1) is 29.6 Å². The number of rotatable bonds is 8. The lowest BCUT2D eigenvalue weighted by molar-refractivity contribution is -0.119. The molecule has 32 heavy (non-hydrogen) atoms. The van der Waals surface area contributed by atoms with Gasteiger partial charge in [0.1, 0.15) is 12.3 Å². The minimum Gasteiger partial charge on any atom is -0.494 e. The lowest BCUT2D eigenvalue weighted by Crippen LogP contribution is -2.41. The van der Waals surface area contributed by atoms with Crippen molar-refractivity contribution in [3.05, 3.63) is 78.3 Å². The first kappa shape index (κ1) is 21.6. The van der Waals surface area contributed by atoms with Gasteiger partial charge in [0, 0.05) is 7.05 Å². The summed E-state index contributed by atoms with van der Waals surface area (Å²) in [7, 11) is 1.58. The van der Waals surface area contributed by atoms with Crippen LogP contribution in [0, 0.1) is 0 Å². The first-order valence-corrected chi connectivity index (χ1v) is 11.0. The number of hydrogen-bond donors (Lipinski definition) is 0. The van der Waals surface area contributed by atoms with E-state index in [2.05, 4.69) is 4.98 Å². The van der Waals surface area contributed by atoms with Gasteiger partial charge in [-0.1, -0.05) is 41.7 Å². The van der Waals surface area contributed by atoms with Crippen LogP contribution >= 0.6 is 11.3 Å². The Morgan fingerprint density at radius 2 is 1.91 bits per heavy atom. The highest BCUT2D eigenvalue weighted by Gasteiger charge is 2.24. The number of amides is 2. The van der Waals surface area contributed by atoms with E-state index in [0.29, 0.717) is 18.3 Å². The average Bonchev–Trinajstić information content (AvgIpc) is 3.47. The predicted octanol–water partition coefficient (Wildman–Crippen LogP) is 4.59. The fraction of sp³-hybridized carbons (Fsp3) is 0.208. The van der Waals surface area contributed by atoms with Crippen molar-refractivity contribution in [3.63, 3.8) is 0 Å². The minimum atomic E-state index is -0.353. The van der Waals surface area contributed by atoms with Gasteiger partial charge in [0.25, 0.3) is 5.91 Å². The first-order chi connectivity index (χ1) is 15.5. The Morgan fingerprint density at radius 3 is 2.62 bits per heavy atom. The van der Waals surface area contributed by atoms with Crippen molar-refractivity contribution in [2.45, 2.75) is 13.5 Å². The normalized spacial score (nSPS) is 10.8. The summed E-state index contributed by atoms with van der Waals surface area (Å²) in [4.78, 5) is 33.5. The van der Waals surface area contributed by atoms with Crippen LogP contribution in [0.3, 0.4) is 0 Å². The Balaban J connectivity index is 1.61. The molecule has 8 heteroatoms. The van der Waals surface area contributed by atoms with E-state index in [9.17, 15) is 9.59 Å². The topological polar surface area (TPSA) is 75.9 Å². The van der Waals surface area contributed by atoms with E-state index in [0.717, 1.165) is 21.5 Å². The summed E-state index contributed by atoms with van der Waals surface area (Å²) in [5.41, 5.74) is 1.76. The molecule has 0 bridgehead atoms. The quantitative estimate of drug-likeness (QED) is 0.393. The van der Waals surface area contributed by atoms with E-state index in [4.69, 9.17) is 9.15 Å². The fourth-order valence-corrected chi connectivity index (χ4v) is 4.25. The van der Waals surface area contributed by atoms with Crippen LogP contribution in [0.1, 0.15) is 23.0 Å². The smallest absolute Gasteiger partial charge is 0.289 e. The van der Waals surface area contributed by atoms with Gasteiger partial charge in [-0.05, 0) is 42.8 Å². The number of anilines is 1. The maximum atomic E-state index is 13.3. The number of carbonyl (C=O) groups excluding carboxylic acids is 2. The average molecular weight is 450 g/mol. The van der Waals surface area contributed by atoms with Gasteiger partial charge in [-0.15, -0.1) is 0 Å². The van der Waals surface area contributed by atoms with Gasteiger partial charge in [-0.25, -0.2) is 4.98 Å². The molecule has 0 spiro atoms. The molecule has 2 aromatic carbocycles. The Kier molecular flexibility index (Phi) is 6.51. The zero-order chi connectivity index (χ0) is 22.5. The highest BCUT2D eigenvalue weighted by Crippen LogP contribution is 2.32. The predicted molar refractivity (Wildman–Crippen MR) is 124 cm³/mol. The molecule has 0 unspecified atom stereocenters. The van der Waals surface area contributed by atoms with Crippen LogP contribution in [0.25, 0.3) is 10.2 Å². The van der Waals surface area contributed by atoms with Crippen LogP contribution < -0.4 is 9.64 Å². The molecule has 0 aliphatic heterocycles. The zero-order valence-electron chi connectivity index (χ0n) is 17.9. The van der Waals surface area contributed by atoms with E-state index in [-0.39, 0.29) is 24.1 Å². The number of likely N-dealkylation sites (N-methyl/N-ethyl adjacent to an activating group) is 1. The third kappa shape index (κ3) is 4.81. The molecule has 164 valence electrons. The molecule has 2 heterocycles. The van der Waals surface area contributed by atoms with E-state index >= 15 is 0 Å². The molecule has 0 radical (unpaired) electrons. The van der Waals surface area contributed by atoms with Crippen molar-refractivity contribution in [2.75, 3.05) is 25.1 Å². The Hall–Kier alpha value is -3.65. The molecule has 4 rings (SSSR count). The van der Waals surface area contributed by atoms with Crippen LogP contribution in [-0.4, -0.2) is 41.9 Å². The number of thiazole rings is 1. The Morgan fingerprint density at radius 1 is 1.09 bits per heavy atom. The molecule has 0 fully saturated rings. The molecule has 0 saturated carbocycles. The number of fused-ring (bicyclic) bond motifs is 1. The van der Waals surface area contributed by atoms with Crippen molar-refractivity contribution < 1.29 is 18.7 Å². The number of carbonyl (C=O) groups is 2. The second kappa shape index (κ2) is 9.65. The highest BCUT2D eigenvalue weighted by atomic mass is 32.1. The van der Waals surface area contributed by atoms with Crippen LogP contribution in [-0.2, 0) is 11.3 Å². The molecule has 0 aliphatic rings. The second-order valence-electron chi connectivity index (χ2n) is 7.16. The van der Waals surface area contributed by atoms with Crippen molar-refractivity contribution in [1.29, 1.82) is 0 Å². The monoisotopic (exact) mass is 449 g/mol. The number of aromatic nitrogens is 1. The summed E-state index contributed by atoms with van der Waals surface area (Å²) >= 11 is 1.42. The van der Waals surface area contributed by atoms with Crippen LogP contribution in [0.15, 0.2) is 71.3 Å². The SMILES string of the molecule is CCOc1ccc2nc(N(Cc3ccccc3)C(=O)CN(C)C(=O)c3ccco3)sc2c1. The first-order valence-electron chi connectivity index (χ1n) is 10.2. The second-order valence-corrected chi connectivity index (χ2v) is 8.17. The number of hydrogen-bond acceptors (Lipinski definition) is 6. The number of ether oxygens (including phenoxy) is 1. The molecular weight excluding hydrogens is 426 g/mol. The van der Waals surface area contributed by atoms with Gasteiger partial charge < -0.3 is 14.1 Å². The summed E-state index contributed by atoms with van der Waals surface area (Å²) in [5.74, 6) is 0.368. The molecule has 7 nitrogen and oxygen atoms in total. The number of furan rings is 1. The molecule has 0 atom stereocenters. The molecule has 0 saturated heterocycles. The fourth-order valence-electron chi connectivity index (χ4n) is 3.24. The van der Waals surface area contributed by atoms with E-state index in [1.165, 1.54) is 22.5 Å². The summed E-state index contributed by atoms with van der Waals surface area (Å²) in [6.45, 7) is 2.75. The van der Waals surface area contributed by atoms with Gasteiger partial charge in [-0.3, -0.25) is 14.5 Å². The molecular formula is C24H23N3O4S. The highest BCUT2D eigenvalue weighted by molar-refractivity contribution is 7.22. The van der Waals surface area contributed by atoms with E-state index < -0.39 is 0 Å². The van der Waals surface area contributed by atoms with Crippen molar-refractivity contribution in [1.82, 2.24) is 9.88 Å². The van der Waals surface area contributed by atoms with Crippen LogP contribution in [0.4, 0.5) is 5.13 Å². The molecule has 4 aromatic rings. The van der Waals surface area contributed by atoms with Crippen molar-refractivity contribution >= 4 is 38.5 Å². The third-order valence-corrected chi connectivity index (χ3v) is 5.87. The maximum Gasteiger partial charge on any atom is 0.289 e. The van der Waals surface area contributed by atoms with Crippen LogP contribution in [0.2, 0.25) is 0 Å². The van der Waals surface area contributed by atoms with Gasteiger partial charge in [-0.2, -0.15) is 0 Å². The lowest BCUT2D eigenvalue weighted by atomic mass is 10.2. The Labute approximate surface area is 189 Å². The largest absolute Gasteiger partial charge is 0.494 e. The molecule has 2 aromatic heterocycles. The van der Waals surface area contributed by atoms with Crippen molar-refractivity contribution in [3.8, 4) is 5.75 Å². The molecule has 0 aliphatic carbocycles. The van der Waals surface area contributed by atoms with Crippen molar-refractivity contribution in [2.24, 2.45) is 0 Å². The lowest BCUT2D eigenvalue weighted by Gasteiger charge is -2.23. The van der Waals surface area contributed by atoms with E-state index in [1.807, 2.05) is 55.5 Å². The standard InChI is InChI=1S/C24H23N3O4S/c1-3-30-18-11-12-19-21(14-18)32-24(25-19)27(15-17-8-5-4-6-9-17)22(28)16-26(2)23(29)20-10-7-13-31-20/h4-14H,3,15-16H2,1-2H3. The summed E-state index contributed by atoms with van der Waals surface area (Å²) < 4.78 is 11.7. The number of nitrogens with zero attached hydrogens (tertiary/aromatic N) is 3. The Bertz CT molecular complexity index is 1200. The van der Waals surface area contributed by atoms with E-state index in [1.54, 1.807) is 24.1 Å². The van der Waals surface area contributed by atoms with Crippen LogP contribution in [0.5, 0.6) is 5.75 Å². The molecule has 2 amide bonds. The molecule has 0 N–H and O–H groups in total. The summed E-state index contributed by atoms with van der Waals surface area (Å²) in [6, 6.07) is 18.6. The minimum absolute atomic E-state index is 0.105. The third-order valence-electron chi connectivity index (χ3n) is 4.83.